The molecule has 2 N–H and O–H groups in total. The monoisotopic (exact) mass is 304 g/mol. The van der Waals surface area contributed by atoms with Gasteiger partial charge in [0.15, 0.2) is 0 Å². The highest BCUT2D eigenvalue weighted by atomic mass is 35.5. The molecule has 19 heavy (non-hydrogen) atoms. The van der Waals surface area contributed by atoms with Crippen LogP contribution in [0.5, 0.6) is 0 Å². The van der Waals surface area contributed by atoms with Crippen LogP contribution < -0.4 is 10.6 Å². The van der Waals surface area contributed by atoms with E-state index < -0.39 is 9.84 Å². The van der Waals surface area contributed by atoms with Gasteiger partial charge in [-0.3, -0.25) is 0 Å². The normalized spacial score (nSPS) is 12.8. The zero-order valence-electron chi connectivity index (χ0n) is 10.8. The van der Waals surface area contributed by atoms with Crippen molar-refractivity contribution in [3.63, 3.8) is 0 Å². The molecule has 0 heterocycles. The molecule has 0 spiro atoms. The summed E-state index contributed by atoms with van der Waals surface area (Å²) in [6.45, 7) is 1.76. The molecule has 0 aliphatic rings. The second-order valence-corrected chi connectivity index (χ2v) is 7.12. The molecule has 5 nitrogen and oxygen atoms in total. The Morgan fingerprint density at radius 2 is 1.89 bits per heavy atom. The summed E-state index contributed by atoms with van der Waals surface area (Å²) >= 11 is 5.73. The lowest BCUT2D eigenvalue weighted by Crippen LogP contribution is -2.37. The van der Waals surface area contributed by atoms with Crippen molar-refractivity contribution in [3.05, 3.63) is 29.3 Å². The first-order valence-electron chi connectivity index (χ1n) is 5.77. The Morgan fingerprint density at radius 3 is 2.42 bits per heavy atom. The Hall–Kier alpha value is -1.27. The fourth-order valence-electron chi connectivity index (χ4n) is 1.39. The molecule has 0 radical (unpaired) electrons. The Labute approximate surface area is 118 Å². The van der Waals surface area contributed by atoms with E-state index in [2.05, 4.69) is 10.6 Å². The van der Waals surface area contributed by atoms with E-state index in [1.165, 1.54) is 6.26 Å². The standard InChI is InChI=1S/C12H17ClN2O3S/c1-9(7-8-19(2,17)18)14-12(16)15-11-5-3-10(13)4-6-11/h3-6,9H,7-8H2,1-2H3,(H2,14,15,16)/t9-/m0/s1. The van der Waals surface area contributed by atoms with Crippen molar-refractivity contribution in [1.29, 1.82) is 0 Å². The number of carbonyl (C=O) groups is 1. The van der Waals surface area contributed by atoms with Crippen LogP contribution in [0.1, 0.15) is 13.3 Å². The molecule has 0 fully saturated rings. The van der Waals surface area contributed by atoms with E-state index in [0.717, 1.165) is 0 Å². The first kappa shape index (κ1) is 15.8. The van der Waals surface area contributed by atoms with Crippen molar-refractivity contribution in [2.24, 2.45) is 0 Å². The zero-order chi connectivity index (χ0) is 14.5. The second-order valence-electron chi connectivity index (χ2n) is 4.42. The van der Waals surface area contributed by atoms with Crippen molar-refractivity contribution in [2.45, 2.75) is 19.4 Å². The lowest BCUT2D eigenvalue weighted by molar-refractivity contribution is 0.249. The van der Waals surface area contributed by atoms with E-state index in [1.54, 1.807) is 31.2 Å². The van der Waals surface area contributed by atoms with Crippen LogP contribution in [0.25, 0.3) is 0 Å². The second kappa shape index (κ2) is 6.77. The number of urea groups is 1. The molecule has 106 valence electrons. The number of hydrogen-bond acceptors (Lipinski definition) is 3. The molecule has 0 unspecified atom stereocenters. The molecule has 1 atom stereocenters. The van der Waals surface area contributed by atoms with Crippen LogP contribution in [0.4, 0.5) is 10.5 Å². The highest BCUT2D eigenvalue weighted by Gasteiger charge is 2.10. The minimum atomic E-state index is -3.01. The van der Waals surface area contributed by atoms with Gasteiger partial charge < -0.3 is 10.6 Å². The Kier molecular flexibility index (Phi) is 5.62. The van der Waals surface area contributed by atoms with Crippen LogP contribution in [-0.2, 0) is 9.84 Å². The third kappa shape index (κ3) is 7.03. The van der Waals surface area contributed by atoms with Crippen molar-refractivity contribution < 1.29 is 13.2 Å². The third-order valence-electron chi connectivity index (χ3n) is 2.40. The van der Waals surface area contributed by atoms with Crippen molar-refractivity contribution in [3.8, 4) is 0 Å². The smallest absolute Gasteiger partial charge is 0.319 e. The van der Waals surface area contributed by atoms with Crippen LogP contribution in [0.2, 0.25) is 5.02 Å². The van der Waals surface area contributed by atoms with E-state index in [4.69, 9.17) is 11.6 Å². The average molecular weight is 305 g/mol. The topological polar surface area (TPSA) is 75.3 Å². The zero-order valence-corrected chi connectivity index (χ0v) is 12.4. The van der Waals surface area contributed by atoms with Gasteiger partial charge in [-0.05, 0) is 37.6 Å². The maximum atomic E-state index is 11.6. The molecule has 7 heteroatoms. The van der Waals surface area contributed by atoms with Gasteiger partial charge in [0.05, 0.1) is 5.75 Å². The van der Waals surface area contributed by atoms with Crippen LogP contribution in [-0.4, -0.2) is 32.5 Å². The molecule has 2 amide bonds. The minimum absolute atomic E-state index is 0.0510. The molecule has 0 aliphatic heterocycles. The van der Waals surface area contributed by atoms with E-state index in [9.17, 15) is 13.2 Å². The molecular weight excluding hydrogens is 288 g/mol. The molecule has 0 saturated heterocycles. The number of hydrogen-bond donors (Lipinski definition) is 2. The lowest BCUT2D eigenvalue weighted by atomic mass is 10.2. The SMILES string of the molecule is C[C@@H](CCS(C)(=O)=O)NC(=O)Nc1ccc(Cl)cc1. The minimum Gasteiger partial charge on any atom is -0.335 e. The van der Waals surface area contributed by atoms with Crippen LogP contribution in [0, 0.1) is 0 Å². The number of rotatable bonds is 5. The fraction of sp³-hybridized carbons (Fsp3) is 0.417. The molecule has 0 saturated carbocycles. The number of sulfone groups is 1. The van der Waals surface area contributed by atoms with Gasteiger partial charge in [0.25, 0.3) is 0 Å². The summed E-state index contributed by atoms with van der Waals surface area (Å²) in [5.41, 5.74) is 0.622. The summed E-state index contributed by atoms with van der Waals surface area (Å²) in [6.07, 6.45) is 1.56. The molecule has 0 bridgehead atoms. The highest BCUT2D eigenvalue weighted by Crippen LogP contribution is 2.13. The van der Waals surface area contributed by atoms with E-state index >= 15 is 0 Å². The Morgan fingerprint density at radius 1 is 1.32 bits per heavy atom. The molecule has 1 aromatic rings. The van der Waals surface area contributed by atoms with Gasteiger partial charge in [0.1, 0.15) is 9.84 Å². The Balaban J connectivity index is 2.40. The van der Waals surface area contributed by atoms with Gasteiger partial charge in [0.2, 0.25) is 0 Å². The van der Waals surface area contributed by atoms with Crippen LogP contribution >= 0.6 is 11.6 Å². The van der Waals surface area contributed by atoms with Gasteiger partial charge >= 0.3 is 6.03 Å². The number of carbonyl (C=O) groups excluding carboxylic acids is 1. The van der Waals surface area contributed by atoms with Crippen LogP contribution in [0.3, 0.4) is 0 Å². The lowest BCUT2D eigenvalue weighted by Gasteiger charge is -2.14. The Bertz CT molecular complexity index is 528. The molecule has 1 rings (SSSR count). The first-order chi connectivity index (χ1) is 8.76. The van der Waals surface area contributed by atoms with Gasteiger partial charge in [-0.15, -0.1) is 0 Å². The number of anilines is 1. The number of halogens is 1. The first-order valence-corrected chi connectivity index (χ1v) is 8.21. The summed E-state index contributed by atoms with van der Waals surface area (Å²) in [7, 11) is -3.01. The van der Waals surface area contributed by atoms with E-state index in [-0.39, 0.29) is 17.8 Å². The van der Waals surface area contributed by atoms with Gasteiger partial charge in [-0.1, -0.05) is 11.6 Å². The number of benzene rings is 1. The third-order valence-corrected chi connectivity index (χ3v) is 3.63. The van der Waals surface area contributed by atoms with Gasteiger partial charge in [-0.25, -0.2) is 13.2 Å². The van der Waals surface area contributed by atoms with Crippen molar-refractivity contribution >= 4 is 33.2 Å². The summed E-state index contributed by atoms with van der Waals surface area (Å²) in [4.78, 5) is 11.6. The quantitative estimate of drug-likeness (QED) is 0.876. The molecule has 1 aromatic carbocycles. The predicted octanol–water partition coefficient (Wildman–Crippen LogP) is 2.28. The maximum absolute atomic E-state index is 11.6. The summed E-state index contributed by atoms with van der Waals surface area (Å²) in [5.74, 6) is 0.0510. The highest BCUT2D eigenvalue weighted by molar-refractivity contribution is 7.90. The van der Waals surface area contributed by atoms with Gasteiger partial charge in [-0.2, -0.15) is 0 Å². The fourth-order valence-corrected chi connectivity index (χ4v) is 2.29. The summed E-state index contributed by atoms with van der Waals surface area (Å²) in [5, 5.41) is 5.90. The number of nitrogens with one attached hydrogen (secondary N) is 2. The average Bonchev–Trinajstić information content (AvgIpc) is 2.29. The largest absolute Gasteiger partial charge is 0.335 e. The maximum Gasteiger partial charge on any atom is 0.319 e. The van der Waals surface area contributed by atoms with Crippen molar-refractivity contribution in [2.75, 3.05) is 17.3 Å². The molecular formula is C12H17ClN2O3S. The van der Waals surface area contributed by atoms with Crippen molar-refractivity contribution in [1.82, 2.24) is 5.32 Å². The predicted molar refractivity (Wildman–Crippen MR) is 77.4 cm³/mol. The summed E-state index contributed by atoms with van der Waals surface area (Å²) < 4.78 is 22.0. The van der Waals surface area contributed by atoms with Crippen LogP contribution in [0.15, 0.2) is 24.3 Å². The summed E-state index contributed by atoms with van der Waals surface area (Å²) in [6, 6.07) is 6.12. The van der Waals surface area contributed by atoms with Gasteiger partial charge in [0, 0.05) is 23.0 Å². The van der Waals surface area contributed by atoms with E-state index in [0.29, 0.717) is 17.1 Å². The molecule has 0 aliphatic carbocycles. The number of amides is 2. The molecule has 0 aromatic heterocycles. The van der Waals surface area contributed by atoms with E-state index in [1.807, 2.05) is 0 Å².